The lowest BCUT2D eigenvalue weighted by Crippen LogP contribution is -2.33. The number of anilines is 1. The van der Waals surface area contributed by atoms with Crippen LogP contribution in [0.15, 0.2) is 0 Å². The van der Waals surface area contributed by atoms with Crippen LogP contribution < -0.4 is 11.3 Å². The number of ether oxygens (including phenoxy) is 1. The lowest BCUT2D eigenvalue weighted by Gasteiger charge is -2.28. The molecule has 0 radical (unpaired) electrons. The smallest absolute Gasteiger partial charge is 0.149 e. The average Bonchev–Trinajstić information content (AvgIpc) is 2.67. The lowest BCUT2D eigenvalue weighted by molar-refractivity contribution is 0.109. The van der Waals surface area contributed by atoms with Gasteiger partial charge in [-0.15, -0.1) is 0 Å². The van der Waals surface area contributed by atoms with Gasteiger partial charge in [-0.2, -0.15) is 0 Å². The summed E-state index contributed by atoms with van der Waals surface area (Å²) in [4.78, 5) is 14.2. The number of nitrogens with zero attached hydrogens (tertiary/aromatic N) is 4. The summed E-state index contributed by atoms with van der Waals surface area (Å²) in [5.41, 5.74) is 4.78. The van der Waals surface area contributed by atoms with E-state index in [2.05, 4.69) is 34.3 Å². The normalized spacial score (nSPS) is 24.4. The maximum atomic E-state index is 5.65. The molecule has 1 fully saturated rings. The third kappa shape index (κ3) is 3.01. The highest BCUT2D eigenvalue weighted by Gasteiger charge is 2.27. The minimum Gasteiger partial charge on any atom is -0.376 e. The van der Waals surface area contributed by atoms with Crippen LogP contribution in [0.5, 0.6) is 0 Å². The molecule has 3 heterocycles. The highest BCUT2D eigenvalue weighted by Crippen LogP contribution is 2.26. The molecule has 7 heteroatoms. The van der Waals surface area contributed by atoms with E-state index in [1.54, 1.807) is 0 Å². The number of rotatable bonds is 2. The molecular formula is C14H24N6O. The fourth-order valence-electron chi connectivity index (χ4n) is 3.07. The van der Waals surface area contributed by atoms with E-state index in [1.165, 1.54) is 6.42 Å². The first-order valence-corrected chi connectivity index (χ1v) is 7.52. The van der Waals surface area contributed by atoms with Crippen molar-refractivity contribution in [3.05, 3.63) is 17.1 Å². The Morgan fingerprint density at radius 1 is 1.29 bits per heavy atom. The summed E-state index contributed by atoms with van der Waals surface area (Å²) >= 11 is 0. The van der Waals surface area contributed by atoms with Crippen molar-refractivity contribution < 1.29 is 4.74 Å². The number of likely N-dealkylation sites (N-methyl/N-ethyl adjacent to an activating group) is 2. The van der Waals surface area contributed by atoms with E-state index in [9.17, 15) is 0 Å². The second kappa shape index (κ2) is 6.23. The molecule has 1 atom stereocenters. The van der Waals surface area contributed by atoms with Crippen molar-refractivity contribution in [2.75, 3.05) is 45.8 Å². The van der Waals surface area contributed by atoms with Gasteiger partial charge in [0.15, 0.2) is 0 Å². The van der Waals surface area contributed by atoms with Crippen LogP contribution >= 0.6 is 0 Å². The molecule has 0 saturated carbocycles. The monoisotopic (exact) mass is 292 g/mol. The van der Waals surface area contributed by atoms with Crippen molar-refractivity contribution in [1.29, 1.82) is 0 Å². The summed E-state index contributed by atoms with van der Waals surface area (Å²) in [5, 5.41) is 0. The number of nitrogens with two attached hydrogens (primary N) is 1. The molecule has 1 aromatic rings. The minimum atomic E-state index is 0.206. The lowest BCUT2D eigenvalue weighted by atomic mass is 10.1. The summed E-state index contributed by atoms with van der Waals surface area (Å²) in [5.74, 6) is 7.21. The van der Waals surface area contributed by atoms with Crippen molar-refractivity contribution in [2.45, 2.75) is 25.5 Å². The molecule has 116 valence electrons. The molecule has 3 N–H and O–H groups in total. The Bertz CT molecular complexity index is 491. The molecule has 0 aliphatic carbocycles. The van der Waals surface area contributed by atoms with E-state index in [1.807, 2.05) is 0 Å². The van der Waals surface area contributed by atoms with Crippen LogP contribution in [0, 0.1) is 0 Å². The summed E-state index contributed by atoms with van der Waals surface area (Å²) in [6.45, 7) is 4.37. The Balaban J connectivity index is 1.97. The van der Waals surface area contributed by atoms with Crippen LogP contribution in [-0.4, -0.2) is 60.1 Å². The molecule has 0 amide bonds. The molecule has 3 rings (SSSR count). The van der Waals surface area contributed by atoms with Gasteiger partial charge in [-0.1, -0.05) is 0 Å². The van der Waals surface area contributed by atoms with E-state index in [-0.39, 0.29) is 6.04 Å². The maximum absolute atomic E-state index is 5.65. The molecule has 21 heavy (non-hydrogen) atoms. The van der Waals surface area contributed by atoms with Crippen molar-refractivity contribution in [2.24, 2.45) is 5.84 Å². The van der Waals surface area contributed by atoms with Crippen LogP contribution in [0.3, 0.4) is 0 Å². The number of nitrogen functional groups attached to an aromatic ring is 1. The molecule has 0 bridgehead atoms. The largest absolute Gasteiger partial charge is 0.376 e. The average molecular weight is 292 g/mol. The standard InChI is InChI=1S/C14H24N6O/c1-19-5-3-6-20(2)12(8-19)14-16-11-4-7-21-9-10(11)13(17-14)18-15/h12H,3-9,15H2,1-2H3,(H,16,17,18). The molecular weight excluding hydrogens is 268 g/mol. The maximum Gasteiger partial charge on any atom is 0.149 e. The van der Waals surface area contributed by atoms with Gasteiger partial charge < -0.3 is 15.1 Å². The van der Waals surface area contributed by atoms with Crippen LogP contribution in [-0.2, 0) is 17.8 Å². The zero-order chi connectivity index (χ0) is 14.8. The van der Waals surface area contributed by atoms with Gasteiger partial charge in [-0.3, -0.25) is 4.90 Å². The van der Waals surface area contributed by atoms with E-state index in [0.29, 0.717) is 19.0 Å². The van der Waals surface area contributed by atoms with Crippen molar-refractivity contribution in [3.63, 3.8) is 0 Å². The second-order valence-electron chi connectivity index (χ2n) is 5.91. The van der Waals surface area contributed by atoms with E-state index < -0.39 is 0 Å². The molecule has 1 aromatic heterocycles. The number of hydrogen-bond donors (Lipinski definition) is 2. The minimum absolute atomic E-state index is 0.206. The number of nitrogens with one attached hydrogen (secondary N) is 1. The van der Waals surface area contributed by atoms with Gasteiger partial charge in [-0.25, -0.2) is 15.8 Å². The van der Waals surface area contributed by atoms with Gasteiger partial charge in [0.05, 0.1) is 24.9 Å². The second-order valence-corrected chi connectivity index (χ2v) is 5.91. The predicted molar refractivity (Wildman–Crippen MR) is 80.7 cm³/mol. The highest BCUT2D eigenvalue weighted by atomic mass is 16.5. The van der Waals surface area contributed by atoms with Crippen LogP contribution in [0.1, 0.15) is 29.5 Å². The first kappa shape index (κ1) is 14.6. The van der Waals surface area contributed by atoms with Gasteiger partial charge >= 0.3 is 0 Å². The SMILES string of the molecule is CN1CCCN(C)C(c2nc3c(c(NN)n2)COCC3)C1. The Morgan fingerprint density at radius 2 is 2.14 bits per heavy atom. The Labute approximate surface area is 125 Å². The quantitative estimate of drug-likeness (QED) is 0.593. The van der Waals surface area contributed by atoms with E-state index in [4.69, 9.17) is 15.6 Å². The molecule has 1 unspecified atom stereocenters. The van der Waals surface area contributed by atoms with Crippen LogP contribution in [0.2, 0.25) is 0 Å². The molecule has 0 spiro atoms. The summed E-state index contributed by atoms with van der Waals surface area (Å²) in [6, 6.07) is 0.206. The number of aromatic nitrogens is 2. The summed E-state index contributed by atoms with van der Waals surface area (Å²) in [7, 11) is 4.30. The molecule has 0 aromatic carbocycles. The Kier molecular flexibility index (Phi) is 4.34. The van der Waals surface area contributed by atoms with Crippen molar-refractivity contribution >= 4 is 5.82 Å². The first-order chi connectivity index (χ1) is 10.2. The van der Waals surface area contributed by atoms with Gasteiger partial charge in [0, 0.05) is 18.5 Å². The molecule has 2 aliphatic heterocycles. The van der Waals surface area contributed by atoms with Crippen molar-refractivity contribution in [3.8, 4) is 0 Å². The Hall–Kier alpha value is -1.28. The van der Waals surface area contributed by atoms with E-state index >= 15 is 0 Å². The topological polar surface area (TPSA) is 79.5 Å². The number of hydrazine groups is 1. The Morgan fingerprint density at radius 3 is 2.95 bits per heavy atom. The predicted octanol–water partition coefficient (Wildman–Crippen LogP) is 0.143. The molecule has 7 nitrogen and oxygen atoms in total. The number of hydrogen-bond acceptors (Lipinski definition) is 7. The highest BCUT2D eigenvalue weighted by molar-refractivity contribution is 5.46. The third-order valence-electron chi connectivity index (χ3n) is 4.34. The first-order valence-electron chi connectivity index (χ1n) is 7.52. The zero-order valence-corrected chi connectivity index (χ0v) is 12.8. The van der Waals surface area contributed by atoms with Crippen LogP contribution in [0.4, 0.5) is 5.82 Å². The van der Waals surface area contributed by atoms with Crippen molar-refractivity contribution in [1.82, 2.24) is 19.8 Å². The van der Waals surface area contributed by atoms with Gasteiger partial charge in [-0.05, 0) is 33.6 Å². The fourth-order valence-corrected chi connectivity index (χ4v) is 3.07. The molecule has 1 saturated heterocycles. The third-order valence-corrected chi connectivity index (χ3v) is 4.34. The number of fused-ring (bicyclic) bond motifs is 1. The zero-order valence-electron chi connectivity index (χ0n) is 12.8. The van der Waals surface area contributed by atoms with Gasteiger partial charge in [0.2, 0.25) is 0 Å². The summed E-state index contributed by atoms with van der Waals surface area (Å²) < 4.78 is 5.49. The van der Waals surface area contributed by atoms with Gasteiger partial charge in [0.1, 0.15) is 11.6 Å². The molecule has 2 aliphatic rings. The van der Waals surface area contributed by atoms with E-state index in [0.717, 1.165) is 43.1 Å². The fraction of sp³-hybridized carbons (Fsp3) is 0.714. The van der Waals surface area contributed by atoms with Gasteiger partial charge in [0.25, 0.3) is 0 Å². The summed E-state index contributed by atoms with van der Waals surface area (Å²) in [6.07, 6.45) is 2.00. The van der Waals surface area contributed by atoms with Crippen LogP contribution in [0.25, 0.3) is 0 Å².